The van der Waals surface area contributed by atoms with Crippen LogP contribution < -0.4 is 16.0 Å². The van der Waals surface area contributed by atoms with Gasteiger partial charge in [0.15, 0.2) is 5.82 Å². The van der Waals surface area contributed by atoms with Gasteiger partial charge in [0.1, 0.15) is 5.82 Å². The minimum atomic E-state index is -0.661. The minimum absolute atomic E-state index is 0.147. The summed E-state index contributed by atoms with van der Waals surface area (Å²) >= 11 is 0. The molecule has 130 valence electrons. The molecule has 0 fully saturated rings. The van der Waals surface area contributed by atoms with Gasteiger partial charge in [0.2, 0.25) is 5.91 Å². The number of amides is 1. The van der Waals surface area contributed by atoms with E-state index in [1.54, 1.807) is 24.0 Å². The van der Waals surface area contributed by atoms with Gasteiger partial charge in [-0.15, -0.1) is 6.42 Å². The number of rotatable bonds is 6. The smallest absolute Gasteiger partial charge is 0.224 e. The lowest BCUT2D eigenvalue weighted by atomic mass is 10.1. The first-order valence-corrected chi connectivity index (χ1v) is 7.77. The fourth-order valence-corrected chi connectivity index (χ4v) is 2.32. The standard InChI is InChI=1S/C19H19F2N3O/c1-3-11-24(12-13-5-7-14(20)8-6-13)16-10-9-15(19(22)18(16)21)23-17(25)4-2/h1,5-10H,4,11-12,22H2,2H3,(H,23,25). The lowest BCUT2D eigenvalue weighted by Gasteiger charge is -2.24. The molecule has 0 aliphatic rings. The highest BCUT2D eigenvalue weighted by Gasteiger charge is 2.17. The number of carbonyl (C=O) groups excluding carboxylic acids is 1. The molecule has 2 aromatic carbocycles. The SMILES string of the molecule is C#CCN(Cc1ccc(F)cc1)c1ccc(NC(=O)CC)c(N)c1F. The molecule has 0 aliphatic carbocycles. The normalized spacial score (nSPS) is 10.2. The summed E-state index contributed by atoms with van der Waals surface area (Å²) in [4.78, 5) is 13.1. The van der Waals surface area contributed by atoms with E-state index in [0.29, 0.717) is 6.54 Å². The fourth-order valence-electron chi connectivity index (χ4n) is 2.32. The number of hydrogen-bond donors (Lipinski definition) is 2. The van der Waals surface area contributed by atoms with Gasteiger partial charge in [-0.25, -0.2) is 8.78 Å². The Balaban J connectivity index is 2.31. The molecule has 1 amide bonds. The molecule has 0 atom stereocenters. The van der Waals surface area contributed by atoms with Gasteiger partial charge < -0.3 is 16.0 Å². The molecule has 2 aromatic rings. The third-order valence-electron chi connectivity index (χ3n) is 3.66. The predicted molar refractivity (Wildman–Crippen MR) is 96.0 cm³/mol. The molecule has 4 nitrogen and oxygen atoms in total. The molecule has 0 bridgehead atoms. The molecule has 6 heteroatoms. The Morgan fingerprint density at radius 1 is 1.24 bits per heavy atom. The molecule has 0 saturated heterocycles. The predicted octanol–water partition coefficient (Wildman–Crippen LogP) is 3.54. The van der Waals surface area contributed by atoms with Crippen molar-refractivity contribution in [2.45, 2.75) is 19.9 Å². The maximum Gasteiger partial charge on any atom is 0.224 e. The Hall–Kier alpha value is -3.07. The Kier molecular flexibility index (Phi) is 5.96. The van der Waals surface area contributed by atoms with Crippen LogP contribution in [0.2, 0.25) is 0 Å². The number of nitrogens with two attached hydrogens (primary N) is 1. The Morgan fingerprint density at radius 3 is 2.52 bits per heavy atom. The zero-order valence-corrected chi connectivity index (χ0v) is 13.9. The van der Waals surface area contributed by atoms with Crippen LogP contribution in [-0.2, 0) is 11.3 Å². The number of hydrogen-bond acceptors (Lipinski definition) is 3. The van der Waals surface area contributed by atoms with E-state index in [9.17, 15) is 13.6 Å². The molecule has 25 heavy (non-hydrogen) atoms. The van der Waals surface area contributed by atoms with Crippen LogP contribution >= 0.6 is 0 Å². The van der Waals surface area contributed by atoms with E-state index in [-0.39, 0.29) is 41.8 Å². The summed E-state index contributed by atoms with van der Waals surface area (Å²) in [6.45, 7) is 2.13. The van der Waals surface area contributed by atoms with Gasteiger partial charge in [-0.3, -0.25) is 4.79 Å². The highest BCUT2D eigenvalue weighted by Crippen LogP contribution is 2.31. The molecule has 0 unspecified atom stereocenters. The van der Waals surface area contributed by atoms with E-state index in [1.807, 2.05) is 0 Å². The molecule has 0 heterocycles. The second-order valence-electron chi connectivity index (χ2n) is 5.45. The topological polar surface area (TPSA) is 58.4 Å². The number of benzene rings is 2. The van der Waals surface area contributed by atoms with Crippen molar-refractivity contribution in [1.82, 2.24) is 0 Å². The van der Waals surface area contributed by atoms with Crippen molar-refractivity contribution >= 4 is 23.0 Å². The Bertz CT molecular complexity index is 798. The first kappa shape index (κ1) is 18.3. The summed E-state index contributed by atoms with van der Waals surface area (Å²) < 4.78 is 27.7. The lowest BCUT2D eigenvalue weighted by Crippen LogP contribution is -2.24. The highest BCUT2D eigenvalue weighted by atomic mass is 19.1. The summed E-state index contributed by atoms with van der Waals surface area (Å²) in [5, 5.41) is 2.55. The van der Waals surface area contributed by atoms with Crippen LogP contribution in [-0.4, -0.2) is 12.5 Å². The number of nitrogens with zero attached hydrogens (tertiary/aromatic N) is 1. The van der Waals surface area contributed by atoms with E-state index in [4.69, 9.17) is 12.2 Å². The first-order chi connectivity index (χ1) is 12.0. The van der Waals surface area contributed by atoms with Crippen LogP contribution in [0.3, 0.4) is 0 Å². The maximum atomic E-state index is 14.7. The van der Waals surface area contributed by atoms with Crippen LogP contribution in [0.25, 0.3) is 0 Å². The quantitative estimate of drug-likeness (QED) is 0.623. The van der Waals surface area contributed by atoms with Crippen LogP contribution in [0.5, 0.6) is 0 Å². The Morgan fingerprint density at radius 2 is 1.92 bits per heavy atom. The number of nitrogens with one attached hydrogen (secondary N) is 1. The summed E-state index contributed by atoms with van der Waals surface area (Å²) in [5.41, 5.74) is 6.87. The van der Waals surface area contributed by atoms with Gasteiger partial charge in [-0.2, -0.15) is 0 Å². The maximum absolute atomic E-state index is 14.7. The van der Waals surface area contributed by atoms with Crippen molar-refractivity contribution in [3.05, 3.63) is 53.6 Å². The first-order valence-electron chi connectivity index (χ1n) is 7.77. The third kappa shape index (κ3) is 4.48. The zero-order valence-electron chi connectivity index (χ0n) is 13.9. The lowest BCUT2D eigenvalue weighted by molar-refractivity contribution is -0.115. The molecular formula is C19H19F2N3O. The fraction of sp³-hybridized carbons (Fsp3) is 0.211. The summed E-state index contributed by atoms with van der Waals surface area (Å²) in [6, 6.07) is 8.92. The van der Waals surface area contributed by atoms with Crippen molar-refractivity contribution in [3.63, 3.8) is 0 Å². The third-order valence-corrected chi connectivity index (χ3v) is 3.66. The number of terminal acetylenes is 1. The van der Waals surface area contributed by atoms with Gasteiger partial charge >= 0.3 is 0 Å². The van der Waals surface area contributed by atoms with Crippen LogP contribution in [0, 0.1) is 24.0 Å². The second-order valence-corrected chi connectivity index (χ2v) is 5.45. The number of carbonyl (C=O) groups is 1. The summed E-state index contributed by atoms with van der Waals surface area (Å²) in [7, 11) is 0. The molecule has 0 spiro atoms. The van der Waals surface area contributed by atoms with E-state index in [2.05, 4.69) is 11.2 Å². The monoisotopic (exact) mass is 343 g/mol. The minimum Gasteiger partial charge on any atom is -0.395 e. The molecule has 0 aliphatic heterocycles. The van der Waals surface area contributed by atoms with Gasteiger partial charge in [0.25, 0.3) is 0 Å². The summed E-state index contributed by atoms with van der Waals surface area (Å²) in [6.07, 6.45) is 5.64. The number of anilines is 3. The van der Waals surface area contributed by atoms with Crippen LogP contribution in [0.15, 0.2) is 36.4 Å². The molecule has 3 N–H and O–H groups in total. The van der Waals surface area contributed by atoms with Crippen molar-refractivity contribution < 1.29 is 13.6 Å². The van der Waals surface area contributed by atoms with E-state index < -0.39 is 5.82 Å². The highest BCUT2D eigenvalue weighted by molar-refractivity contribution is 5.94. The summed E-state index contributed by atoms with van der Waals surface area (Å²) in [5.74, 6) is 1.21. The van der Waals surface area contributed by atoms with Gasteiger partial charge in [0, 0.05) is 13.0 Å². The van der Waals surface area contributed by atoms with Gasteiger partial charge in [-0.05, 0) is 29.8 Å². The molecule has 0 radical (unpaired) electrons. The van der Waals surface area contributed by atoms with Crippen molar-refractivity contribution in [2.75, 3.05) is 22.5 Å². The largest absolute Gasteiger partial charge is 0.395 e. The van der Waals surface area contributed by atoms with Crippen LogP contribution in [0.4, 0.5) is 25.8 Å². The zero-order chi connectivity index (χ0) is 18.4. The second kappa shape index (κ2) is 8.15. The van der Waals surface area contributed by atoms with E-state index in [0.717, 1.165) is 5.56 Å². The average molecular weight is 343 g/mol. The number of halogens is 2. The van der Waals surface area contributed by atoms with Crippen molar-refractivity contribution in [2.24, 2.45) is 0 Å². The van der Waals surface area contributed by atoms with Gasteiger partial charge in [0.05, 0.1) is 23.6 Å². The Labute approximate surface area is 145 Å². The number of nitrogen functional groups attached to an aromatic ring is 1. The molecule has 2 rings (SSSR count). The van der Waals surface area contributed by atoms with Gasteiger partial charge in [-0.1, -0.05) is 25.0 Å². The molecule has 0 aromatic heterocycles. The van der Waals surface area contributed by atoms with Crippen LogP contribution in [0.1, 0.15) is 18.9 Å². The van der Waals surface area contributed by atoms with E-state index in [1.165, 1.54) is 24.3 Å². The van der Waals surface area contributed by atoms with Crippen molar-refractivity contribution in [1.29, 1.82) is 0 Å². The molecule has 0 saturated carbocycles. The van der Waals surface area contributed by atoms with E-state index >= 15 is 0 Å². The molecular weight excluding hydrogens is 324 g/mol. The van der Waals surface area contributed by atoms with Crippen molar-refractivity contribution in [3.8, 4) is 12.3 Å². The average Bonchev–Trinajstić information content (AvgIpc) is 2.60.